The van der Waals surface area contributed by atoms with E-state index in [1.807, 2.05) is 68.5 Å². The molecule has 34 heavy (non-hydrogen) atoms. The molecule has 1 amide bonds. The molecule has 9 heteroatoms. The van der Waals surface area contributed by atoms with E-state index < -0.39 is 0 Å². The Bertz CT molecular complexity index is 1300. The number of nitrogens with one attached hydrogen (secondary N) is 1. The lowest BCUT2D eigenvalue weighted by Gasteiger charge is -2.12. The molecule has 0 unspecified atom stereocenters. The highest BCUT2D eigenvalue weighted by atomic mass is 127. The Morgan fingerprint density at radius 1 is 1.12 bits per heavy atom. The molecule has 174 valence electrons. The molecule has 4 rings (SSSR count). The van der Waals surface area contributed by atoms with Crippen LogP contribution in [0.2, 0.25) is 5.02 Å². The van der Waals surface area contributed by atoms with Crippen LogP contribution < -0.4 is 10.1 Å². The fourth-order valence-electron chi connectivity index (χ4n) is 3.27. The summed E-state index contributed by atoms with van der Waals surface area (Å²) in [6, 6.07) is 15.5. The molecule has 0 bridgehead atoms. The number of aryl methyl sites for hydroxylation is 2. The van der Waals surface area contributed by atoms with Crippen LogP contribution in [0.1, 0.15) is 22.3 Å². The van der Waals surface area contributed by atoms with E-state index in [0.29, 0.717) is 21.7 Å². The number of ether oxygens (including phenoxy) is 1. The molecule has 0 saturated carbocycles. The van der Waals surface area contributed by atoms with Crippen LogP contribution in [0.15, 0.2) is 67.4 Å². The second kappa shape index (κ2) is 11.2. The van der Waals surface area contributed by atoms with Crippen molar-refractivity contribution in [2.75, 3.05) is 0 Å². The zero-order chi connectivity index (χ0) is 24.4. The highest BCUT2D eigenvalue weighted by molar-refractivity contribution is 14.1. The standard InChI is InChI=1S/C25H18Br2ClIN2O2S/c1-13-7-18(8-14(2)22(13)27)30-25-31-24(32)21(34-25)11-16-9-19(26)23(20(29)10-16)33-12-15-3-5-17(28)6-4-15/h3-11H,12H2,1-2H3,(H,30,31,32)/b21-11-. The second-order valence-corrected chi connectivity index (χ2v) is 11.9. The van der Waals surface area contributed by atoms with Gasteiger partial charge in [0.15, 0.2) is 5.17 Å². The number of thioether (sulfide) groups is 1. The predicted molar refractivity (Wildman–Crippen MR) is 157 cm³/mol. The number of hydrogen-bond donors (Lipinski definition) is 1. The van der Waals surface area contributed by atoms with Gasteiger partial charge in [-0.2, -0.15) is 0 Å². The first-order chi connectivity index (χ1) is 16.2. The summed E-state index contributed by atoms with van der Waals surface area (Å²) in [6.45, 7) is 4.48. The molecule has 1 aliphatic heterocycles. The number of hydrogen-bond acceptors (Lipinski definition) is 4. The first kappa shape index (κ1) is 25.8. The van der Waals surface area contributed by atoms with Gasteiger partial charge in [0.25, 0.3) is 5.91 Å². The van der Waals surface area contributed by atoms with Gasteiger partial charge in [-0.05, 0) is 129 Å². The van der Waals surface area contributed by atoms with Crippen LogP contribution in [-0.2, 0) is 11.4 Å². The van der Waals surface area contributed by atoms with Gasteiger partial charge in [0.1, 0.15) is 12.4 Å². The molecule has 0 atom stereocenters. The molecular weight excluding hydrogens is 715 g/mol. The Hall–Kier alpha value is -1.33. The van der Waals surface area contributed by atoms with E-state index in [2.05, 4.69) is 64.8 Å². The minimum Gasteiger partial charge on any atom is -0.487 e. The predicted octanol–water partition coefficient (Wildman–Crippen LogP) is 8.56. The number of benzene rings is 3. The first-order valence-corrected chi connectivity index (χ1v) is 14.0. The van der Waals surface area contributed by atoms with Crippen LogP contribution in [0.4, 0.5) is 5.69 Å². The van der Waals surface area contributed by atoms with Crippen molar-refractivity contribution in [3.05, 3.63) is 93.2 Å². The number of carbonyl (C=O) groups is 1. The zero-order valence-corrected chi connectivity index (χ0v) is 25.0. The Morgan fingerprint density at radius 2 is 1.79 bits per heavy atom. The maximum atomic E-state index is 12.6. The van der Waals surface area contributed by atoms with Gasteiger partial charge in [0.05, 0.1) is 18.6 Å². The molecule has 0 aromatic heterocycles. The van der Waals surface area contributed by atoms with E-state index in [1.165, 1.54) is 11.8 Å². The molecule has 1 saturated heterocycles. The van der Waals surface area contributed by atoms with E-state index in [4.69, 9.17) is 16.3 Å². The first-order valence-electron chi connectivity index (χ1n) is 10.1. The summed E-state index contributed by atoms with van der Waals surface area (Å²) in [5, 5.41) is 4.11. The molecule has 3 aromatic rings. The van der Waals surface area contributed by atoms with Crippen molar-refractivity contribution < 1.29 is 9.53 Å². The number of rotatable bonds is 5. The van der Waals surface area contributed by atoms with Gasteiger partial charge in [0.2, 0.25) is 0 Å². The fraction of sp³-hybridized carbons (Fsp3) is 0.120. The van der Waals surface area contributed by atoms with Gasteiger partial charge in [-0.3, -0.25) is 4.79 Å². The summed E-state index contributed by atoms with van der Waals surface area (Å²) >= 11 is 16.7. The molecule has 1 heterocycles. The van der Waals surface area contributed by atoms with Crippen molar-refractivity contribution in [1.29, 1.82) is 0 Å². The third kappa shape index (κ3) is 6.26. The summed E-state index contributed by atoms with van der Waals surface area (Å²) in [6.07, 6.45) is 1.86. The van der Waals surface area contributed by atoms with Crippen LogP contribution in [0.5, 0.6) is 5.75 Å². The average molecular weight is 733 g/mol. The highest BCUT2D eigenvalue weighted by Gasteiger charge is 2.24. The lowest BCUT2D eigenvalue weighted by atomic mass is 10.1. The summed E-state index contributed by atoms with van der Waals surface area (Å²) in [5.41, 5.74) is 4.93. The van der Waals surface area contributed by atoms with Gasteiger partial charge in [0, 0.05) is 9.50 Å². The largest absolute Gasteiger partial charge is 0.487 e. The van der Waals surface area contributed by atoms with Crippen molar-refractivity contribution in [3.63, 3.8) is 0 Å². The fourth-order valence-corrected chi connectivity index (χ4v) is 6.24. The summed E-state index contributed by atoms with van der Waals surface area (Å²) in [4.78, 5) is 17.8. The zero-order valence-electron chi connectivity index (χ0n) is 18.1. The Balaban J connectivity index is 1.51. The third-order valence-corrected chi connectivity index (χ3v) is 8.72. The number of amides is 1. The number of carbonyl (C=O) groups excluding carboxylic acids is 1. The van der Waals surface area contributed by atoms with Gasteiger partial charge >= 0.3 is 0 Å². The van der Waals surface area contributed by atoms with Crippen molar-refractivity contribution in [3.8, 4) is 5.75 Å². The lowest BCUT2D eigenvalue weighted by Crippen LogP contribution is -2.19. The normalized spacial score (nSPS) is 15.8. The number of halogens is 4. The number of nitrogens with zero attached hydrogens (tertiary/aromatic N) is 1. The summed E-state index contributed by atoms with van der Waals surface area (Å²) < 4.78 is 8.85. The molecule has 0 aliphatic carbocycles. The maximum Gasteiger partial charge on any atom is 0.264 e. The molecule has 0 radical (unpaired) electrons. The van der Waals surface area contributed by atoms with Crippen LogP contribution in [-0.4, -0.2) is 11.1 Å². The Kier molecular flexibility index (Phi) is 8.45. The monoisotopic (exact) mass is 730 g/mol. The second-order valence-electron chi connectivity index (χ2n) is 7.60. The summed E-state index contributed by atoms with van der Waals surface area (Å²) in [5.74, 6) is 0.591. The van der Waals surface area contributed by atoms with E-state index >= 15 is 0 Å². The van der Waals surface area contributed by atoms with Crippen LogP contribution >= 0.6 is 77.8 Å². The van der Waals surface area contributed by atoms with Gasteiger partial charge in [-0.15, -0.1) is 0 Å². The van der Waals surface area contributed by atoms with Crippen molar-refractivity contribution in [1.82, 2.24) is 5.32 Å². The smallest absolute Gasteiger partial charge is 0.264 e. The molecule has 3 aromatic carbocycles. The number of aliphatic imine (C=N–C) groups is 1. The highest BCUT2D eigenvalue weighted by Crippen LogP contribution is 2.35. The van der Waals surface area contributed by atoms with Crippen LogP contribution in [0, 0.1) is 17.4 Å². The van der Waals surface area contributed by atoms with Gasteiger partial charge < -0.3 is 10.1 Å². The van der Waals surface area contributed by atoms with Gasteiger partial charge in [-0.25, -0.2) is 4.99 Å². The molecular formula is C25H18Br2ClIN2O2S. The molecule has 4 nitrogen and oxygen atoms in total. The van der Waals surface area contributed by atoms with Crippen LogP contribution in [0.25, 0.3) is 6.08 Å². The Morgan fingerprint density at radius 3 is 2.44 bits per heavy atom. The van der Waals surface area contributed by atoms with Crippen molar-refractivity contribution in [2.24, 2.45) is 4.99 Å². The SMILES string of the molecule is Cc1cc(N=C2NC(=O)/C(=C/c3cc(Br)c(OCc4ccc(Cl)cc4)c(I)c3)S2)cc(C)c1Br. The molecule has 1 fully saturated rings. The van der Waals surface area contributed by atoms with Crippen molar-refractivity contribution in [2.45, 2.75) is 20.5 Å². The number of amidine groups is 1. The van der Waals surface area contributed by atoms with E-state index in [9.17, 15) is 4.79 Å². The van der Waals surface area contributed by atoms with Crippen molar-refractivity contribution >= 4 is 101 Å². The third-order valence-electron chi connectivity index (χ3n) is 4.92. The maximum absolute atomic E-state index is 12.6. The summed E-state index contributed by atoms with van der Waals surface area (Å²) in [7, 11) is 0. The van der Waals surface area contributed by atoms with E-state index in [-0.39, 0.29) is 5.91 Å². The van der Waals surface area contributed by atoms with Crippen LogP contribution in [0.3, 0.4) is 0 Å². The molecule has 1 aliphatic rings. The lowest BCUT2D eigenvalue weighted by molar-refractivity contribution is -0.115. The van der Waals surface area contributed by atoms with E-state index in [0.717, 1.165) is 46.2 Å². The molecule has 0 spiro atoms. The van der Waals surface area contributed by atoms with Gasteiger partial charge in [-0.1, -0.05) is 39.7 Å². The average Bonchev–Trinajstić information content (AvgIpc) is 3.11. The minimum atomic E-state index is -0.163. The quantitative estimate of drug-likeness (QED) is 0.211. The minimum absolute atomic E-state index is 0.163. The molecule has 1 N–H and O–H groups in total. The van der Waals surface area contributed by atoms with E-state index in [1.54, 1.807) is 0 Å². The Labute approximate surface area is 238 Å². The topological polar surface area (TPSA) is 50.7 Å².